The Bertz CT molecular complexity index is 1980. The molecule has 238 valence electrons. The van der Waals surface area contributed by atoms with Crippen molar-refractivity contribution in [1.82, 2.24) is 9.03 Å². The molecule has 0 spiro atoms. The van der Waals surface area contributed by atoms with E-state index in [2.05, 4.69) is 4.72 Å². The summed E-state index contributed by atoms with van der Waals surface area (Å²) in [6.45, 7) is 5.72. The molecule has 0 saturated carbocycles. The predicted molar refractivity (Wildman–Crippen MR) is 178 cm³/mol. The quantitative estimate of drug-likeness (QED) is 0.247. The van der Waals surface area contributed by atoms with Crippen LogP contribution in [0.2, 0.25) is 0 Å². The summed E-state index contributed by atoms with van der Waals surface area (Å²) >= 11 is 0. The van der Waals surface area contributed by atoms with E-state index >= 15 is 0 Å². The maximum atomic E-state index is 14.1. The Balaban J connectivity index is 1.47. The van der Waals surface area contributed by atoms with Crippen LogP contribution < -0.4 is 9.62 Å². The summed E-state index contributed by atoms with van der Waals surface area (Å²) in [5.74, 6) is -0.354. The molecule has 1 saturated heterocycles. The molecule has 46 heavy (non-hydrogen) atoms. The lowest BCUT2D eigenvalue weighted by Gasteiger charge is -2.38. The smallest absolute Gasteiger partial charge is 0.245 e. The van der Waals surface area contributed by atoms with Gasteiger partial charge in [0.25, 0.3) is 0 Å². The Hall–Kier alpha value is -4.34. The second-order valence-electron chi connectivity index (χ2n) is 12.2. The van der Waals surface area contributed by atoms with Crippen molar-refractivity contribution in [1.29, 1.82) is 5.26 Å². The minimum Gasteiger partial charge on any atom is -0.311 e. The van der Waals surface area contributed by atoms with Crippen LogP contribution in [0.1, 0.15) is 44.7 Å². The lowest BCUT2D eigenvalue weighted by Crippen LogP contribution is -2.54. The molecule has 1 fully saturated rings. The molecule has 1 aliphatic rings. The molecule has 1 aliphatic heterocycles. The van der Waals surface area contributed by atoms with Crippen LogP contribution in [0.5, 0.6) is 0 Å². The molecule has 5 rings (SSSR count). The van der Waals surface area contributed by atoms with Gasteiger partial charge in [0.15, 0.2) is 0 Å². The van der Waals surface area contributed by atoms with Crippen LogP contribution in [-0.2, 0) is 31.4 Å². The SMILES string of the molecule is CC(C)(C)NS(=O)(=O)c1ccccc1-c1ccc(N2CCCC(N(Cc3ccccc3)S(=O)(=O)c3cccc(C#N)c3)C2=O)cc1. The molecule has 4 aromatic rings. The van der Waals surface area contributed by atoms with Gasteiger partial charge in [0.05, 0.1) is 21.4 Å². The second-order valence-corrected chi connectivity index (χ2v) is 15.8. The fourth-order valence-electron chi connectivity index (χ4n) is 5.59. The lowest BCUT2D eigenvalue weighted by atomic mass is 10.0. The van der Waals surface area contributed by atoms with E-state index < -0.39 is 31.6 Å². The molecular formula is C35H36N4O5S2. The zero-order valence-electron chi connectivity index (χ0n) is 25.9. The Morgan fingerprint density at radius 1 is 0.891 bits per heavy atom. The first-order valence-electron chi connectivity index (χ1n) is 14.9. The van der Waals surface area contributed by atoms with Crippen molar-refractivity contribution in [3.63, 3.8) is 0 Å². The van der Waals surface area contributed by atoms with Gasteiger partial charge in [-0.15, -0.1) is 0 Å². The maximum absolute atomic E-state index is 14.1. The van der Waals surface area contributed by atoms with Gasteiger partial charge in [-0.2, -0.15) is 9.57 Å². The van der Waals surface area contributed by atoms with Gasteiger partial charge in [-0.25, -0.2) is 21.6 Å². The summed E-state index contributed by atoms with van der Waals surface area (Å²) in [6.07, 6.45) is 0.903. The first kappa shape index (κ1) is 33.0. The van der Waals surface area contributed by atoms with Crippen molar-refractivity contribution >= 4 is 31.6 Å². The fraction of sp³-hybridized carbons (Fsp3) is 0.257. The van der Waals surface area contributed by atoms with Crippen LogP contribution >= 0.6 is 0 Å². The van der Waals surface area contributed by atoms with Gasteiger partial charge in [0.2, 0.25) is 26.0 Å². The van der Waals surface area contributed by atoms with Crippen molar-refractivity contribution in [2.45, 2.75) is 61.5 Å². The molecule has 1 unspecified atom stereocenters. The number of rotatable bonds is 9. The molecule has 0 bridgehead atoms. The van der Waals surface area contributed by atoms with Crippen molar-refractivity contribution in [2.24, 2.45) is 0 Å². The number of nitrogens with zero attached hydrogens (tertiary/aromatic N) is 3. The molecule has 1 heterocycles. The van der Waals surface area contributed by atoms with Gasteiger partial charge in [-0.3, -0.25) is 4.79 Å². The minimum absolute atomic E-state index is 0.0169. The highest BCUT2D eigenvalue weighted by molar-refractivity contribution is 7.89. The fourth-order valence-corrected chi connectivity index (χ4v) is 8.88. The number of hydrogen-bond donors (Lipinski definition) is 1. The highest BCUT2D eigenvalue weighted by Crippen LogP contribution is 2.33. The molecule has 1 atom stereocenters. The monoisotopic (exact) mass is 656 g/mol. The first-order valence-corrected chi connectivity index (χ1v) is 17.8. The number of anilines is 1. The number of carbonyl (C=O) groups excluding carboxylic acids is 1. The Labute approximate surface area is 271 Å². The van der Waals surface area contributed by atoms with E-state index in [1.54, 1.807) is 74.2 Å². The summed E-state index contributed by atoms with van der Waals surface area (Å²) in [4.78, 5) is 15.8. The number of amides is 1. The van der Waals surface area contributed by atoms with Gasteiger partial charge >= 0.3 is 0 Å². The van der Waals surface area contributed by atoms with Gasteiger partial charge in [0.1, 0.15) is 6.04 Å². The second kappa shape index (κ2) is 13.2. The topological polar surface area (TPSA) is 128 Å². The Morgan fingerprint density at radius 3 is 2.24 bits per heavy atom. The van der Waals surface area contributed by atoms with E-state index in [1.165, 1.54) is 28.6 Å². The standard InChI is InChI=1S/C35H36N4O5S2/c1-35(2,3)37-45(41,42)33-17-8-7-15-31(33)28-18-20-29(21-19-28)38-22-10-16-32(34(38)40)39(25-26-11-5-4-6-12-26)46(43,44)30-14-9-13-27(23-30)24-36/h4-9,11-15,17-21,23,32,37H,10,16,22,25H2,1-3H3. The highest BCUT2D eigenvalue weighted by atomic mass is 32.2. The molecule has 0 aromatic heterocycles. The first-order chi connectivity index (χ1) is 21.8. The van der Waals surface area contributed by atoms with Crippen molar-refractivity contribution in [3.05, 3.63) is 114 Å². The average Bonchev–Trinajstić information content (AvgIpc) is 3.03. The van der Waals surface area contributed by atoms with Gasteiger partial charge in [-0.1, -0.05) is 66.7 Å². The normalized spacial score (nSPS) is 15.9. The maximum Gasteiger partial charge on any atom is 0.245 e. The summed E-state index contributed by atoms with van der Waals surface area (Å²) in [6, 6.07) is 29.7. The summed E-state index contributed by atoms with van der Waals surface area (Å²) < 4.78 is 58.5. The highest BCUT2D eigenvalue weighted by Gasteiger charge is 2.40. The van der Waals surface area contributed by atoms with Crippen LogP contribution in [0.4, 0.5) is 5.69 Å². The molecule has 1 amide bonds. The number of nitriles is 1. The molecule has 1 N–H and O–H groups in total. The third kappa shape index (κ3) is 7.21. The third-order valence-corrected chi connectivity index (χ3v) is 11.3. The van der Waals surface area contributed by atoms with Gasteiger partial charge < -0.3 is 4.90 Å². The predicted octanol–water partition coefficient (Wildman–Crippen LogP) is 5.69. The van der Waals surface area contributed by atoms with E-state index in [0.29, 0.717) is 36.2 Å². The summed E-state index contributed by atoms with van der Waals surface area (Å²) in [5, 5.41) is 9.39. The van der Waals surface area contributed by atoms with Crippen LogP contribution in [0.15, 0.2) is 113 Å². The number of hydrogen-bond acceptors (Lipinski definition) is 6. The van der Waals surface area contributed by atoms with Crippen molar-refractivity contribution < 1.29 is 21.6 Å². The molecule has 0 aliphatic carbocycles. The number of piperidine rings is 1. The molecular weight excluding hydrogens is 621 g/mol. The summed E-state index contributed by atoms with van der Waals surface area (Å²) in [7, 11) is -7.99. The number of nitrogens with one attached hydrogen (secondary N) is 1. The lowest BCUT2D eigenvalue weighted by molar-refractivity contribution is -0.123. The van der Waals surface area contributed by atoms with Crippen LogP contribution in [-0.4, -0.2) is 45.2 Å². The zero-order chi connectivity index (χ0) is 33.1. The van der Waals surface area contributed by atoms with Crippen LogP contribution in [0.3, 0.4) is 0 Å². The van der Waals surface area contributed by atoms with E-state index in [-0.39, 0.29) is 27.8 Å². The van der Waals surface area contributed by atoms with Crippen LogP contribution in [0, 0.1) is 11.3 Å². The van der Waals surface area contributed by atoms with Gasteiger partial charge in [-0.05, 0) is 81.1 Å². The van der Waals surface area contributed by atoms with E-state index in [9.17, 15) is 26.9 Å². The van der Waals surface area contributed by atoms with E-state index in [0.717, 1.165) is 5.56 Å². The minimum atomic E-state index is -4.17. The van der Waals surface area contributed by atoms with E-state index in [4.69, 9.17) is 0 Å². The average molecular weight is 657 g/mol. The zero-order valence-corrected chi connectivity index (χ0v) is 27.6. The molecule has 4 aromatic carbocycles. The number of carbonyl (C=O) groups is 1. The Morgan fingerprint density at radius 2 is 1.57 bits per heavy atom. The Kier molecular flexibility index (Phi) is 9.47. The molecule has 11 heteroatoms. The van der Waals surface area contributed by atoms with Gasteiger partial charge in [0, 0.05) is 29.9 Å². The van der Waals surface area contributed by atoms with Crippen molar-refractivity contribution in [2.75, 3.05) is 11.4 Å². The molecule has 9 nitrogen and oxygen atoms in total. The number of sulfonamides is 2. The summed E-state index contributed by atoms with van der Waals surface area (Å²) in [5.41, 5.74) is 2.03. The number of benzene rings is 4. The molecule has 0 radical (unpaired) electrons. The largest absolute Gasteiger partial charge is 0.311 e. The third-order valence-electron chi connectivity index (χ3n) is 7.62. The van der Waals surface area contributed by atoms with Crippen LogP contribution in [0.25, 0.3) is 11.1 Å². The van der Waals surface area contributed by atoms with E-state index in [1.807, 2.05) is 36.4 Å². The van der Waals surface area contributed by atoms with Crippen molar-refractivity contribution in [3.8, 4) is 17.2 Å².